The smallest absolute Gasteiger partial charge is 0.309 e. The summed E-state index contributed by atoms with van der Waals surface area (Å²) < 4.78 is 93.8. The van der Waals surface area contributed by atoms with Gasteiger partial charge in [0.25, 0.3) is 0 Å². The van der Waals surface area contributed by atoms with E-state index in [9.17, 15) is 13.2 Å². The van der Waals surface area contributed by atoms with Crippen LogP contribution in [0, 0.1) is 20.8 Å². The molecule has 8 aromatic carbocycles. The molecule has 0 spiro atoms. The van der Waals surface area contributed by atoms with E-state index in [0.29, 0.717) is 61.5 Å². The summed E-state index contributed by atoms with van der Waals surface area (Å²) in [5, 5.41) is 2.75. The van der Waals surface area contributed by atoms with Crippen molar-refractivity contribution in [1.82, 2.24) is 24.1 Å². The molecule has 11 heteroatoms. The predicted octanol–water partition coefficient (Wildman–Crippen LogP) is 15.7. The fourth-order valence-corrected chi connectivity index (χ4v) is 9.27. The van der Waals surface area contributed by atoms with Gasteiger partial charge >= 0.3 is 12.4 Å². The standard InChI is InChI=1S/C56H37F6N5/c1-32-14-21-47-41(26-32)42-27-33(2)15-22-48(42)66(47)39-19-20-46(56(60,61)62)40(31-39)44-29-37(54-64-52(35-10-6-4-7-11-35)63-53(65-54)36-12-8-5-9-13-36)17-24-50(44)67-49-23-16-34(3)28-43(49)45-30-38(55(57,58)59)18-25-51(45)67/h4-31H,1-3H3. The van der Waals surface area contributed by atoms with Gasteiger partial charge in [0.15, 0.2) is 17.5 Å². The second kappa shape index (κ2) is 15.5. The molecular weight excluding hydrogens is 857 g/mol. The molecule has 0 radical (unpaired) electrons. The van der Waals surface area contributed by atoms with Crippen LogP contribution in [0.15, 0.2) is 170 Å². The highest BCUT2D eigenvalue weighted by Gasteiger charge is 2.36. The van der Waals surface area contributed by atoms with Crippen molar-refractivity contribution in [3.8, 4) is 56.7 Å². The molecule has 0 saturated heterocycles. The molecule has 11 aromatic rings. The molecule has 5 nitrogen and oxygen atoms in total. The van der Waals surface area contributed by atoms with E-state index in [2.05, 4.69) is 12.1 Å². The van der Waals surface area contributed by atoms with E-state index < -0.39 is 23.5 Å². The summed E-state index contributed by atoms with van der Waals surface area (Å²) in [6.07, 6.45) is -9.46. The summed E-state index contributed by atoms with van der Waals surface area (Å²) in [7, 11) is 0. The van der Waals surface area contributed by atoms with Crippen molar-refractivity contribution in [2.24, 2.45) is 0 Å². The van der Waals surface area contributed by atoms with Crippen LogP contribution in [-0.4, -0.2) is 24.1 Å². The Morgan fingerprint density at radius 3 is 1.33 bits per heavy atom. The summed E-state index contributed by atoms with van der Waals surface area (Å²) in [5.41, 5.74) is 6.30. The predicted molar refractivity (Wildman–Crippen MR) is 254 cm³/mol. The number of aromatic nitrogens is 5. The lowest BCUT2D eigenvalue weighted by Gasteiger charge is -2.21. The van der Waals surface area contributed by atoms with Crippen LogP contribution < -0.4 is 0 Å². The van der Waals surface area contributed by atoms with Crippen LogP contribution in [0.25, 0.3) is 100 Å². The second-order valence-corrected chi connectivity index (χ2v) is 17.0. The normalized spacial score (nSPS) is 12.3. The van der Waals surface area contributed by atoms with E-state index in [4.69, 9.17) is 15.0 Å². The van der Waals surface area contributed by atoms with E-state index >= 15 is 13.2 Å². The Morgan fingerprint density at radius 2 is 0.836 bits per heavy atom. The minimum absolute atomic E-state index is 0.147. The summed E-state index contributed by atoms with van der Waals surface area (Å²) in [5.74, 6) is 0.942. The van der Waals surface area contributed by atoms with Crippen molar-refractivity contribution in [3.05, 3.63) is 198 Å². The molecular formula is C56H37F6N5. The molecule has 3 aromatic heterocycles. The molecule has 0 aliphatic carbocycles. The van der Waals surface area contributed by atoms with Gasteiger partial charge in [0.1, 0.15) is 0 Å². The minimum Gasteiger partial charge on any atom is -0.309 e. The Kier molecular flexibility index (Phi) is 9.66. The van der Waals surface area contributed by atoms with Crippen LogP contribution in [0.3, 0.4) is 0 Å². The van der Waals surface area contributed by atoms with Gasteiger partial charge in [-0.05, 0) is 117 Å². The van der Waals surface area contributed by atoms with Crippen molar-refractivity contribution < 1.29 is 26.3 Å². The Balaban J connectivity index is 1.24. The Hall–Kier alpha value is -8.05. The third kappa shape index (κ3) is 7.27. The molecule has 0 saturated carbocycles. The number of hydrogen-bond donors (Lipinski definition) is 0. The third-order valence-electron chi connectivity index (χ3n) is 12.4. The first-order valence-corrected chi connectivity index (χ1v) is 21.6. The first-order chi connectivity index (χ1) is 32.2. The Morgan fingerprint density at radius 1 is 0.373 bits per heavy atom. The molecule has 0 N–H and O–H groups in total. The van der Waals surface area contributed by atoms with E-state index in [-0.39, 0.29) is 17.0 Å². The lowest BCUT2D eigenvalue weighted by atomic mass is 9.94. The highest BCUT2D eigenvalue weighted by atomic mass is 19.4. The molecule has 0 aliphatic heterocycles. The quantitative estimate of drug-likeness (QED) is 0.156. The van der Waals surface area contributed by atoms with E-state index in [1.165, 1.54) is 12.1 Å². The lowest BCUT2D eigenvalue weighted by Crippen LogP contribution is -2.10. The summed E-state index contributed by atoms with van der Waals surface area (Å²) in [6, 6.07) is 49.0. The highest BCUT2D eigenvalue weighted by molar-refractivity contribution is 6.11. The second-order valence-electron chi connectivity index (χ2n) is 17.0. The molecule has 67 heavy (non-hydrogen) atoms. The average molecular weight is 894 g/mol. The first kappa shape index (κ1) is 41.6. The zero-order chi connectivity index (χ0) is 46.4. The molecule has 0 fully saturated rings. The maximum Gasteiger partial charge on any atom is 0.417 e. The summed E-state index contributed by atoms with van der Waals surface area (Å²) in [4.78, 5) is 14.7. The van der Waals surface area contributed by atoms with Gasteiger partial charge in [0, 0.05) is 49.5 Å². The lowest BCUT2D eigenvalue weighted by molar-refractivity contribution is -0.138. The number of fused-ring (bicyclic) bond motifs is 6. The Labute approximate surface area is 380 Å². The van der Waals surface area contributed by atoms with Crippen LogP contribution in [0.1, 0.15) is 27.8 Å². The Bertz CT molecular complexity index is 3640. The van der Waals surface area contributed by atoms with Crippen LogP contribution in [0.2, 0.25) is 0 Å². The van der Waals surface area contributed by atoms with Gasteiger partial charge in [-0.1, -0.05) is 95.6 Å². The van der Waals surface area contributed by atoms with Crippen molar-refractivity contribution in [3.63, 3.8) is 0 Å². The zero-order valence-corrected chi connectivity index (χ0v) is 36.2. The fourth-order valence-electron chi connectivity index (χ4n) is 9.27. The highest BCUT2D eigenvalue weighted by Crippen LogP contribution is 2.46. The molecule has 0 unspecified atom stereocenters. The van der Waals surface area contributed by atoms with Crippen LogP contribution in [-0.2, 0) is 12.4 Å². The van der Waals surface area contributed by atoms with Crippen molar-refractivity contribution in [2.45, 2.75) is 33.1 Å². The minimum atomic E-state index is -4.83. The fraction of sp³-hybridized carbons (Fsp3) is 0.0893. The van der Waals surface area contributed by atoms with Crippen molar-refractivity contribution in [1.29, 1.82) is 0 Å². The van der Waals surface area contributed by atoms with Gasteiger partial charge in [0.2, 0.25) is 0 Å². The largest absolute Gasteiger partial charge is 0.417 e. The summed E-state index contributed by atoms with van der Waals surface area (Å²) >= 11 is 0. The number of nitrogens with zero attached hydrogens (tertiary/aromatic N) is 5. The molecule has 0 aliphatic rings. The SMILES string of the molecule is Cc1ccc2c(c1)c1cc(C)ccc1n2-c1ccc(C(F)(F)F)c(-c2cc(-c3nc(-c4ccccc4)nc(-c4ccccc4)n3)ccc2-n2c3ccc(C)cc3c3cc(C(F)(F)F)ccc32)c1. The monoisotopic (exact) mass is 893 g/mol. The number of aryl methyl sites for hydroxylation is 3. The van der Waals surface area contributed by atoms with Gasteiger partial charge in [0.05, 0.1) is 38.9 Å². The van der Waals surface area contributed by atoms with Gasteiger partial charge in [-0.2, -0.15) is 26.3 Å². The van der Waals surface area contributed by atoms with Crippen LogP contribution in [0.5, 0.6) is 0 Å². The zero-order valence-electron chi connectivity index (χ0n) is 36.2. The summed E-state index contributed by atoms with van der Waals surface area (Å²) in [6.45, 7) is 5.85. The number of halogens is 6. The van der Waals surface area contributed by atoms with Crippen molar-refractivity contribution in [2.75, 3.05) is 0 Å². The number of benzene rings is 8. The number of alkyl halides is 6. The number of rotatable bonds is 6. The van der Waals surface area contributed by atoms with Gasteiger partial charge in [-0.15, -0.1) is 0 Å². The van der Waals surface area contributed by atoms with E-state index in [1.807, 2.05) is 116 Å². The number of hydrogen-bond acceptors (Lipinski definition) is 3. The van der Waals surface area contributed by atoms with Crippen molar-refractivity contribution >= 4 is 43.6 Å². The molecule has 0 atom stereocenters. The van der Waals surface area contributed by atoms with Gasteiger partial charge in [-0.25, -0.2) is 15.0 Å². The molecule has 328 valence electrons. The topological polar surface area (TPSA) is 48.5 Å². The maximum atomic E-state index is 15.7. The van der Waals surface area contributed by atoms with Gasteiger partial charge in [-0.3, -0.25) is 0 Å². The molecule has 11 rings (SSSR count). The average Bonchev–Trinajstić information content (AvgIpc) is 3.81. The molecule has 0 bridgehead atoms. The van der Waals surface area contributed by atoms with Crippen LogP contribution >= 0.6 is 0 Å². The third-order valence-corrected chi connectivity index (χ3v) is 12.4. The van der Waals surface area contributed by atoms with E-state index in [1.54, 1.807) is 41.0 Å². The van der Waals surface area contributed by atoms with Gasteiger partial charge < -0.3 is 9.13 Å². The first-order valence-electron chi connectivity index (χ1n) is 21.6. The van der Waals surface area contributed by atoms with Crippen LogP contribution in [0.4, 0.5) is 26.3 Å². The van der Waals surface area contributed by atoms with E-state index in [0.717, 1.165) is 56.7 Å². The maximum absolute atomic E-state index is 15.7. The molecule has 3 heterocycles. The molecule has 0 amide bonds.